The highest BCUT2D eigenvalue weighted by Gasteiger charge is 1.94. The van der Waals surface area contributed by atoms with Crippen molar-refractivity contribution in [3.8, 4) is 0 Å². The smallest absolute Gasteiger partial charge is 0.187 e. The van der Waals surface area contributed by atoms with Crippen molar-refractivity contribution in [2.24, 2.45) is 5.10 Å². The number of nitrogens with zero attached hydrogens (tertiary/aromatic N) is 1. The molecule has 0 aliphatic carbocycles. The molecule has 0 aliphatic rings. The third-order valence-electron chi connectivity index (χ3n) is 1.71. The second-order valence-corrected chi connectivity index (χ2v) is 3.48. The van der Waals surface area contributed by atoms with Gasteiger partial charge in [0.1, 0.15) is 11.5 Å². The normalized spacial score (nSPS) is 10.6. The lowest BCUT2D eigenvalue weighted by Crippen LogP contribution is -2.34. The molecule has 0 amide bonds. The summed E-state index contributed by atoms with van der Waals surface area (Å²) in [6.07, 6.45) is 1.57. The van der Waals surface area contributed by atoms with Crippen LogP contribution in [0.3, 0.4) is 0 Å². The summed E-state index contributed by atoms with van der Waals surface area (Å²) < 4.78 is 10.2. The quantitative estimate of drug-likeness (QED) is 0.349. The van der Waals surface area contributed by atoms with Crippen LogP contribution < -0.4 is 10.7 Å². The van der Waals surface area contributed by atoms with Gasteiger partial charge in [-0.15, -0.1) is 0 Å². The number of ether oxygens (including phenoxy) is 1. The van der Waals surface area contributed by atoms with Crippen molar-refractivity contribution < 1.29 is 9.15 Å². The molecule has 1 heterocycles. The number of hydrazone groups is 1. The Hall–Kier alpha value is -1.40. The average Bonchev–Trinajstić information content (AvgIpc) is 2.65. The van der Waals surface area contributed by atoms with Gasteiger partial charge in [-0.3, -0.25) is 5.43 Å². The average molecular weight is 241 g/mol. The lowest BCUT2D eigenvalue weighted by molar-refractivity contribution is 0.204. The molecule has 0 radical (unpaired) electrons. The van der Waals surface area contributed by atoms with Gasteiger partial charge in [0.15, 0.2) is 5.11 Å². The molecule has 0 bridgehead atoms. The Labute approximate surface area is 99.9 Å². The van der Waals surface area contributed by atoms with E-state index in [1.807, 2.05) is 19.1 Å². The molecular weight excluding hydrogens is 226 g/mol. The van der Waals surface area contributed by atoms with Crippen molar-refractivity contribution in [1.82, 2.24) is 10.7 Å². The summed E-state index contributed by atoms with van der Waals surface area (Å²) in [5, 5.41) is 7.30. The molecule has 0 aliphatic heterocycles. The molecule has 16 heavy (non-hydrogen) atoms. The zero-order valence-corrected chi connectivity index (χ0v) is 10.1. The molecular formula is C10H15N3O2S. The second kappa shape index (κ2) is 6.97. The van der Waals surface area contributed by atoms with Gasteiger partial charge in [-0.05, 0) is 31.3 Å². The van der Waals surface area contributed by atoms with Crippen molar-refractivity contribution in [2.75, 3.05) is 20.3 Å². The summed E-state index contributed by atoms with van der Waals surface area (Å²) in [6.45, 7) is 3.13. The monoisotopic (exact) mass is 241 g/mol. The van der Waals surface area contributed by atoms with Gasteiger partial charge >= 0.3 is 0 Å². The molecule has 0 aromatic carbocycles. The van der Waals surface area contributed by atoms with E-state index < -0.39 is 0 Å². The zero-order chi connectivity index (χ0) is 11.8. The zero-order valence-electron chi connectivity index (χ0n) is 9.32. The molecule has 2 N–H and O–H groups in total. The minimum Gasteiger partial charge on any atom is -0.460 e. The number of hydrogen-bond donors (Lipinski definition) is 2. The van der Waals surface area contributed by atoms with E-state index >= 15 is 0 Å². The molecule has 1 rings (SSSR count). The molecule has 1 aromatic heterocycles. The summed E-state index contributed by atoms with van der Waals surface area (Å²) in [5.74, 6) is 1.53. The van der Waals surface area contributed by atoms with Crippen LogP contribution in [0.1, 0.15) is 11.5 Å². The minimum atomic E-state index is 0.455. The number of rotatable bonds is 5. The fourth-order valence-electron chi connectivity index (χ4n) is 0.983. The van der Waals surface area contributed by atoms with Crippen molar-refractivity contribution in [1.29, 1.82) is 0 Å². The molecule has 5 nitrogen and oxygen atoms in total. The van der Waals surface area contributed by atoms with Crippen molar-refractivity contribution in [3.63, 3.8) is 0 Å². The predicted molar refractivity (Wildman–Crippen MR) is 66.7 cm³/mol. The minimum absolute atomic E-state index is 0.455. The molecule has 0 saturated heterocycles. The second-order valence-electron chi connectivity index (χ2n) is 3.07. The van der Waals surface area contributed by atoms with Gasteiger partial charge in [0.25, 0.3) is 0 Å². The van der Waals surface area contributed by atoms with Gasteiger partial charge in [-0.25, -0.2) is 0 Å². The van der Waals surface area contributed by atoms with Gasteiger partial charge in [-0.1, -0.05) is 0 Å². The predicted octanol–water partition coefficient (Wildman–Crippen LogP) is 1.03. The van der Waals surface area contributed by atoms with Crippen molar-refractivity contribution in [2.45, 2.75) is 6.92 Å². The summed E-state index contributed by atoms with van der Waals surface area (Å²) >= 11 is 4.97. The number of nitrogens with one attached hydrogen (secondary N) is 2. The van der Waals surface area contributed by atoms with Gasteiger partial charge < -0.3 is 14.5 Å². The van der Waals surface area contributed by atoms with Crippen LogP contribution in [-0.4, -0.2) is 31.6 Å². The summed E-state index contributed by atoms with van der Waals surface area (Å²) in [7, 11) is 1.63. The Balaban J connectivity index is 2.23. The van der Waals surface area contributed by atoms with E-state index in [4.69, 9.17) is 21.4 Å². The van der Waals surface area contributed by atoms with Gasteiger partial charge in [0, 0.05) is 13.7 Å². The number of methoxy groups -OCH3 is 1. The largest absolute Gasteiger partial charge is 0.460 e. The van der Waals surface area contributed by atoms with Crippen LogP contribution in [0.4, 0.5) is 0 Å². The molecule has 0 saturated carbocycles. The van der Waals surface area contributed by atoms with Crippen LogP contribution in [-0.2, 0) is 4.74 Å². The lowest BCUT2D eigenvalue weighted by atomic mass is 10.4. The number of hydrogen-bond acceptors (Lipinski definition) is 4. The SMILES string of the molecule is COCCNC(=S)NN=Cc1ccc(C)o1. The van der Waals surface area contributed by atoms with E-state index in [1.165, 1.54) is 0 Å². The van der Waals surface area contributed by atoms with E-state index in [-0.39, 0.29) is 0 Å². The summed E-state index contributed by atoms with van der Waals surface area (Å²) in [6, 6.07) is 3.71. The first kappa shape index (κ1) is 12.7. The third kappa shape index (κ3) is 4.90. The molecule has 0 fully saturated rings. The first-order chi connectivity index (χ1) is 7.72. The van der Waals surface area contributed by atoms with Gasteiger partial charge in [0.2, 0.25) is 0 Å². The van der Waals surface area contributed by atoms with Gasteiger partial charge in [-0.2, -0.15) is 5.10 Å². The maximum Gasteiger partial charge on any atom is 0.187 e. The van der Waals surface area contributed by atoms with Crippen molar-refractivity contribution >= 4 is 23.5 Å². The maximum atomic E-state index is 5.29. The van der Waals surface area contributed by atoms with E-state index in [1.54, 1.807) is 13.3 Å². The molecule has 6 heteroatoms. The number of aryl methyl sites for hydroxylation is 1. The fraction of sp³-hybridized carbons (Fsp3) is 0.400. The third-order valence-corrected chi connectivity index (χ3v) is 1.95. The van der Waals surface area contributed by atoms with E-state index in [2.05, 4.69) is 15.8 Å². The molecule has 0 spiro atoms. The Morgan fingerprint density at radius 2 is 2.44 bits per heavy atom. The molecule has 1 aromatic rings. The highest BCUT2D eigenvalue weighted by molar-refractivity contribution is 7.80. The Kier molecular flexibility index (Phi) is 5.52. The van der Waals surface area contributed by atoms with Crippen LogP contribution >= 0.6 is 12.2 Å². The van der Waals surface area contributed by atoms with Crippen LogP contribution in [0, 0.1) is 6.92 Å². The van der Waals surface area contributed by atoms with Crippen LogP contribution in [0.15, 0.2) is 21.7 Å². The fourth-order valence-corrected chi connectivity index (χ4v) is 1.14. The highest BCUT2D eigenvalue weighted by atomic mass is 32.1. The van der Waals surface area contributed by atoms with E-state index in [0.29, 0.717) is 24.0 Å². The van der Waals surface area contributed by atoms with Crippen LogP contribution in [0.25, 0.3) is 0 Å². The number of furan rings is 1. The Bertz CT molecular complexity index is 363. The lowest BCUT2D eigenvalue weighted by Gasteiger charge is -2.04. The van der Waals surface area contributed by atoms with E-state index in [0.717, 1.165) is 5.76 Å². The highest BCUT2D eigenvalue weighted by Crippen LogP contribution is 2.02. The van der Waals surface area contributed by atoms with Crippen LogP contribution in [0.5, 0.6) is 0 Å². The molecule has 0 unspecified atom stereocenters. The Morgan fingerprint density at radius 3 is 3.06 bits per heavy atom. The first-order valence-electron chi connectivity index (χ1n) is 4.84. The number of thiocarbonyl (C=S) groups is 1. The summed E-state index contributed by atoms with van der Waals surface area (Å²) in [4.78, 5) is 0. The Morgan fingerprint density at radius 1 is 1.62 bits per heavy atom. The van der Waals surface area contributed by atoms with Gasteiger partial charge in [0.05, 0.1) is 12.8 Å². The van der Waals surface area contributed by atoms with Crippen LogP contribution in [0.2, 0.25) is 0 Å². The molecule has 88 valence electrons. The summed E-state index contributed by atoms with van der Waals surface area (Å²) in [5.41, 5.74) is 2.67. The topological polar surface area (TPSA) is 58.8 Å². The maximum absolute atomic E-state index is 5.29. The van der Waals surface area contributed by atoms with E-state index in [9.17, 15) is 0 Å². The van der Waals surface area contributed by atoms with Crippen molar-refractivity contribution in [3.05, 3.63) is 23.7 Å². The first-order valence-corrected chi connectivity index (χ1v) is 5.25. The standard InChI is InChI=1S/C10H15N3O2S/c1-8-3-4-9(15-8)7-12-13-10(16)11-5-6-14-2/h3-4,7H,5-6H2,1-2H3,(H2,11,13,16). The molecule has 0 atom stereocenters.